The number of alkyl halides is 1. The van der Waals surface area contributed by atoms with E-state index in [0.717, 1.165) is 31.6 Å². The Hall–Kier alpha value is -1.95. The first-order valence-electron chi connectivity index (χ1n) is 8.30. The van der Waals surface area contributed by atoms with Crippen LogP contribution < -0.4 is 5.32 Å². The van der Waals surface area contributed by atoms with E-state index in [1.807, 2.05) is 17.2 Å². The molecule has 2 N–H and O–H groups in total. The molecule has 6 heteroatoms. The van der Waals surface area contributed by atoms with Gasteiger partial charge in [-0.3, -0.25) is 4.79 Å². The topological polar surface area (TPSA) is 61.0 Å². The molecule has 2 aromatic heterocycles. The molecule has 0 radical (unpaired) electrons. The van der Waals surface area contributed by atoms with Crippen LogP contribution in [0.15, 0.2) is 24.5 Å². The molecule has 0 aromatic carbocycles. The summed E-state index contributed by atoms with van der Waals surface area (Å²) >= 11 is 0. The minimum atomic E-state index is -0.889. The fourth-order valence-electron chi connectivity index (χ4n) is 3.83. The predicted octanol–water partition coefficient (Wildman–Crippen LogP) is 1.97. The number of halogens is 1. The fraction of sp³-hybridized carbons (Fsp3) is 0.529. The summed E-state index contributed by atoms with van der Waals surface area (Å²) in [5.74, 6) is 0.506. The van der Waals surface area contributed by atoms with Crippen LogP contribution in [0, 0.1) is 0 Å². The summed E-state index contributed by atoms with van der Waals surface area (Å²) in [7, 11) is 0. The number of fused-ring (bicyclic) bond motifs is 1. The molecule has 4 rings (SSSR count). The lowest BCUT2D eigenvalue weighted by Gasteiger charge is -2.33. The van der Waals surface area contributed by atoms with E-state index >= 15 is 0 Å². The molecule has 2 aromatic rings. The molecule has 2 aliphatic heterocycles. The molecule has 122 valence electrons. The van der Waals surface area contributed by atoms with Gasteiger partial charge in [0.15, 0.2) is 0 Å². The van der Waals surface area contributed by atoms with Crippen LogP contribution in [-0.4, -0.2) is 52.6 Å². The Morgan fingerprint density at radius 2 is 2.17 bits per heavy atom. The molecule has 1 amide bonds. The van der Waals surface area contributed by atoms with E-state index in [9.17, 15) is 9.18 Å². The van der Waals surface area contributed by atoms with Gasteiger partial charge in [-0.1, -0.05) is 0 Å². The van der Waals surface area contributed by atoms with Gasteiger partial charge in [0.1, 0.15) is 11.8 Å². The average Bonchev–Trinajstić information content (AvgIpc) is 3.21. The van der Waals surface area contributed by atoms with Crippen LogP contribution in [0.3, 0.4) is 0 Å². The van der Waals surface area contributed by atoms with Crippen molar-refractivity contribution in [2.45, 2.75) is 37.4 Å². The quantitative estimate of drug-likeness (QED) is 0.890. The van der Waals surface area contributed by atoms with Gasteiger partial charge >= 0.3 is 0 Å². The molecular formula is C17H21FN4O. The number of H-pyrrole nitrogens is 1. The highest BCUT2D eigenvalue weighted by Gasteiger charge is 2.34. The zero-order valence-electron chi connectivity index (χ0n) is 13.0. The van der Waals surface area contributed by atoms with Gasteiger partial charge in [0.05, 0.1) is 6.04 Å². The molecule has 2 aliphatic rings. The van der Waals surface area contributed by atoms with Gasteiger partial charge in [0.25, 0.3) is 0 Å². The van der Waals surface area contributed by atoms with Crippen molar-refractivity contribution in [2.75, 3.05) is 19.6 Å². The minimum absolute atomic E-state index is 0.0594. The van der Waals surface area contributed by atoms with Crippen LogP contribution >= 0.6 is 0 Å². The van der Waals surface area contributed by atoms with Crippen molar-refractivity contribution in [1.82, 2.24) is 20.2 Å². The Labute approximate surface area is 134 Å². The monoisotopic (exact) mass is 316 g/mol. The number of amides is 1. The number of hydrogen-bond donors (Lipinski definition) is 2. The second-order valence-corrected chi connectivity index (χ2v) is 6.54. The third-order valence-corrected chi connectivity index (χ3v) is 5.10. The fourth-order valence-corrected chi connectivity index (χ4v) is 3.83. The standard InChI is InChI=1S/C17H21FN4O/c18-12-8-15(20-9-12)17(23)22-6-3-11(4-7-22)14-10-21-16-13(14)2-1-5-19-16/h1-2,5,10-12,15,20H,3-4,6-9H2,(H,19,21)/t12-,15+/m0/s1. The van der Waals surface area contributed by atoms with E-state index in [-0.39, 0.29) is 11.9 Å². The first kappa shape index (κ1) is 14.6. The van der Waals surface area contributed by atoms with E-state index in [1.54, 1.807) is 6.20 Å². The zero-order chi connectivity index (χ0) is 15.8. The first-order valence-corrected chi connectivity index (χ1v) is 8.30. The summed E-state index contributed by atoms with van der Waals surface area (Å²) in [5.41, 5.74) is 2.22. The summed E-state index contributed by atoms with van der Waals surface area (Å²) in [4.78, 5) is 21.9. The van der Waals surface area contributed by atoms with Gasteiger partial charge in [-0.05, 0) is 36.5 Å². The van der Waals surface area contributed by atoms with Crippen LogP contribution in [0.5, 0.6) is 0 Å². The van der Waals surface area contributed by atoms with E-state index in [4.69, 9.17) is 0 Å². The summed E-state index contributed by atoms with van der Waals surface area (Å²) in [5, 5.41) is 4.16. The lowest BCUT2D eigenvalue weighted by molar-refractivity contribution is -0.134. The zero-order valence-corrected chi connectivity index (χ0v) is 13.0. The van der Waals surface area contributed by atoms with E-state index in [1.165, 1.54) is 10.9 Å². The maximum Gasteiger partial charge on any atom is 0.239 e. The number of likely N-dealkylation sites (tertiary alicyclic amines) is 1. The maximum atomic E-state index is 13.3. The molecule has 0 bridgehead atoms. The van der Waals surface area contributed by atoms with Crippen molar-refractivity contribution in [3.63, 3.8) is 0 Å². The molecule has 2 atom stereocenters. The summed E-state index contributed by atoms with van der Waals surface area (Å²) < 4.78 is 13.3. The van der Waals surface area contributed by atoms with Gasteiger partial charge in [0, 0.05) is 43.8 Å². The number of hydrogen-bond acceptors (Lipinski definition) is 3. The van der Waals surface area contributed by atoms with Crippen molar-refractivity contribution in [2.24, 2.45) is 0 Å². The van der Waals surface area contributed by atoms with Crippen LogP contribution in [0.25, 0.3) is 11.0 Å². The van der Waals surface area contributed by atoms with Crippen LogP contribution in [-0.2, 0) is 4.79 Å². The number of carbonyl (C=O) groups excluding carboxylic acids is 1. The summed E-state index contributed by atoms with van der Waals surface area (Å²) in [6.07, 6.45) is 5.15. The third-order valence-electron chi connectivity index (χ3n) is 5.10. The third kappa shape index (κ3) is 2.72. The number of carbonyl (C=O) groups is 1. The molecule has 4 heterocycles. The second kappa shape index (κ2) is 5.92. The Kier molecular flexibility index (Phi) is 3.77. The maximum absolute atomic E-state index is 13.3. The molecule has 2 saturated heterocycles. The normalized spacial score (nSPS) is 26.0. The number of rotatable bonds is 2. The number of nitrogens with one attached hydrogen (secondary N) is 2. The Bertz CT molecular complexity index is 707. The lowest BCUT2D eigenvalue weighted by atomic mass is 9.89. The van der Waals surface area contributed by atoms with Crippen molar-refractivity contribution < 1.29 is 9.18 Å². The highest BCUT2D eigenvalue weighted by Crippen LogP contribution is 2.32. The van der Waals surface area contributed by atoms with Crippen molar-refractivity contribution in [3.8, 4) is 0 Å². The van der Waals surface area contributed by atoms with Crippen LogP contribution in [0.2, 0.25) is 0 Å². The van der Waals surface area contributed by atoms with Crippen molar-refractivity contribution in [3.05, 3.63) is 30.1 Å². The van der Waals surface area contributed by atoms with Gasteiger partial charge < -0.3 is 15.2 Å². The second-order valence-electron chi connectivity index (χ2n) is 6.54. The molecule has 2 fully saturated rings. The Morgan fingerprint density at radius 3 is 2.91 bits per heavy atom. The number of piperidine rings is 1. The van der Waals surface area contributed by atoms with E-state index in [2.05, 4.69) is 21.4 Å². The summed E-state index contributed by atoms with van der Waals surface area (Å²) in [6.45, 7) is 1.78. The van der Waals surface area contributed by atoms with Crippen LogP contribution in [0.1, 0.15) is 30.7 Å². The Balaban J connectivity index is 1.42. The molecule has 0 aliphatic carbocycles. The number of pyridine rings is 1. The van der Waals surface area contributed by atoms with Crippen molar-refractivity contribution in [1.29, 1.82) is 0 Å². The largest absolute Gasteiger partial charge is 0.346 e. The van der Waals surface area contributed by atoms with E-state index in [0.29, 0.717) is 18.9 Å². The lowest BCUT2D eigenvalue weighted by Crippen LogP contribution is -2.46. The molecule has 0 saturated carbocycles. The van der Waals surface area contributed by atoms with Crippen LogP contribution in [0.4, 0.5) is 4.39 Å². The first-order chi connectivity index (χ1) is 11.2. The molecule has 0 spiro atoms. The highest BCUT2D eigenvalue weighted by molar-refractivity contribution is 5.83. The van der Waals surface area contributed by atoms with Crippen molar-refractivity contribution >= 4 is 16.9 Å². The smallest absolute Gasteiger partial charge is 0.239 e. The minimum Gasteiger partial charge on any atom is -0.346 e. The highest BCUT2D eigenvalue weighted by atomic mass is 19.1. The van der Waals surface area contributed by atoms with Gasteiger partial charge in [-0.2, -0.15) is 0 Å². The predicted molar refractivity (Wildman–Crippen MR) is 86.0 cm³/mol. The summed E-state index contributed by atoms with van der Waals surface area (Å²) in [6, 6.07) is 3.71. The SMILES string of the molecule is O=C([C@H]1C[C@H](F)CN1)N1CCC(c2c[nH]c3ncccc23)CC1. The van der Waals surface area contributed by atoms with Gasteiger partial charge in [0.2, 0.25) is 5.91 Å². The molecule has 0 unspecified atom stereocenters. The molecular weight excluding hydrogens is 295 g/mol. The average molecular weight is 316 g/mol. The number of nitrogens with zero attached hydrogens (tertiary/aromatic N) is 2. The molecule has 23 heavy (non-hydrogen) atoms. The van der Waals surface area contributed by atoms with Gasteiger partial charge in [-0.25, -0.2) is 9.37 Å². The molecule has 5 nitrogen and oxygen atoms in total. The van der Waals surface area contributed by atoms with E-state index < -0.39 is 6.17 Å². The number of aromatic amines is 1. The Morgan fingerprint density at radius 1 is 1.35 bits per heavy atom. The van der Waals surface area contributed by atoms with Gasteiger partial charge in [-0.15, -0.1) is 0 Å². The number of aromatic nitrogens is 2.